The Morgan fingerprint density at radius 3 is 2.73 bits per heavy atom. The summed E-state index contributed by atoms with van der Waals surface area (Å²) in [4.78, 5) is 0. The van der Waals surface area contributed by atoms with Gasteiger partial charge in [0, 0.05) is 5.41 Å². The molecule has 0 aromatic heterocycles. The van der Waals surface area contributed by atoms with Crippen LogP contribution >= 0.6 is 0 Å². The molecule has 0 heterocycles. The van der Waals surface area contributed by atoms with Crippen LogP contribution < -0.4 is 0 Å². The summed E-state index contributed by atoms with van der Waals surface area (Å²) in [5.41, 5.74) is 0.731. The summed E-state index contributed by atoms with van der Waals surface area (Å²) in [6, 6.07) is 0. The Morgan fingerprint density at radius 2 is 2.13 bits per heavy atom. The molecule has 0 bridgehead atoms. The Morgan fingerprint density at radius 1 is 1.47 bits per heavy atom. The molecule has 0 N–H and O–H groups in total. The molecule has 15 heavy (non-hydrogen) atoms. The van der Waals surface area contributed by atoms with E-state index in [2.05, 4.69) is 32.1 Å². The lowest BCUT2D eigenvalue weighted by Gasteiger charge is -2.20. The van der Waals surface area contributed by atoms with Crippen molar-refractivity contribution < 1.29 is 4.39 Å². The summed E-state index contributed by atoms with van der Waals surface area (Å²) in [5.74, 6) is 0.396. The van der Waals surface area contributed by atoms with Gasteiger partial charge in [0.1, 0.15) is 5.83 Å². The molecule has 84 valence electrons. The highest BCUT2D eigenvalue weighted by Gasteiger charge is 2.23. The average molecular weight is 208 g/mol. The molecular weight excluding hydrogens is 187 g/mol. The molecule has 1 rings (SSSR count). The summed E-state index contributed by atoms with van der Waals surface area (Å²) >= 11 is 0. The molecule has 1 atom stereocenters. The lowest BCUT2D eigenvalue weighted by Crippen LogP contribution is -2.10. The zero-order valence-corrected chi connectivity index (χ0v) is 10.2. The lowest BCUT2D eigenvalue weighted by molar-refractivity contribution is 0.352. The molecule has 0 spiro atoms. The first-order valence-corrected chi connectivity index (χ1v) is 5.70. The van der Waals surface area contributed by atoms with Gasteiger partial charge >= 0.3 is 0 Å². The average Bonchev–Trinajstić information content (AvgIpc) is 2.19. The fraction of sp³-hybridized carbons (Fsp3) is 0.571. The standard InChI is InChI=1S/C14H21F/c1-5-12-9-11(2)7-6-8-14(3,4)13(15)10-12/h6-7,9-11H,5,8H2,1-4H3/b7-6?,12-9-,13-10+. The Labute approximate surface area is 92.6 Å². The monoisotopic (exact) mass is 208 g/mol. The zero-order valence-electron chi connectivity index (χ0n) is 10.2. The quantitative estimate of drug-likeness (QED) is 0.543. The summed E-state index contributed by atoms with van der Waals surface area (Å²) in [6.45, 7) is 8.10. The van der Waals surface area contributed by atoms with Crippen molar-refractivity contribution in [3.63, 3.8) is 0 Å². The summed E-state index contributed by atoms with van der Waals surface area (Å²) in [6.07, 6.45) is 9.75. The zero-order chi connectivity index (χ0) is 11.5. The van der Waals surface area contributed by atoms with Crippen LogP contribution in [-0.4, -0.2) is 0 Å². The molecule has 1 aliphatic carbocycles. The van der Waals surface area contributed by atoms with Gasteiger partial charge in [-0.25, -0.2) is 4.39 Å². The Kier molecular flexibility index (Phi) is 3.90. The maximum absolute atomic E-state index is 13.9. The van der Waals surface area contributed by atoms with E-state index in [1.165, 1.54) is 0 Å². The minimum Gasteiger partial charge on any atom is -0.211 e. The highest BCUT2D eigenvalue weighted by molar-refractivity contribution is 5.26. The predicted octanol–water partition coefficient (Wildman–Crippen LogP) is 4.80. The molecule has 0 aromatic carbocycles. The van der Waals surface area contributed by atoms with E-state index in [0.29, 0.717) is 5.92 Å². The van der Waals surface area contributed by atoms with E-state index in [1.807, 2.05) is 13.8 Å². The van der Waals surface area contributed by atoms with Crippen molar-refractivity contribution in [3.05, 3.63) is 35.7 Å². The van der Waals surface area contributed by atoms with Gasteiger partial charge in [-0.15, -0.1) is 0 Å². The molecule has 0 aliphatic heterocycles. The van der Waals surface area contributed by atoms with Crippen LogP contribution in [0.5, 0.6) is 0 Å². The summed E-state index contributed by atoms with van der Waals surface area (Å²) < 4.78 is 13.9. The molecule has 0 nitrogen and oxygen atoms in total. The fourth-order valence-electron chi connectivity index (χ4n) is 1.69. The molecule has 1 aliphatic rings. The van der Waals surface area contributed by atoms with Crippen molar-refractivity contribution in [1.29, 1.82) is 0 Å². The lowest BCUT2D eigenvalue weighted by atomic mass is 9.87. The van der Waals surface area contributed by atoms with E-state index in [4.69, 9.17) is 0 Å². The highest BCUT2D eigenvalue weighted by atomic mass is 19.1. The number of halogens is 1. The Balaban J connectivity index is 3.08. The van der Waals surface area contributed by atoms with E-state index < -0.39 is 0 Å². The van der Waals surface area contributed by atoms with Gasteiger partial charge in [-0.2, -0.15) is 0 Å². The van der Waals surface area contributed by atoms with Gasteiger partial charge in [0.05, 0.1) is 0 Å². The van der Waals surface area contributed by atoms with E-state index in [0.717, 1.165) is 18.4 Å². The van der Waals surface area contributed by atoms with Crippen molar-refractivity contribution in [2.45, 2.75) is 40.5 Å². The van der Waals surface area contributed by atoms with Crippen LogP contribution in [0.3, 0.4) is 0 Å². The third-order valence-electron chi connectivity index (χ3n) is 2.91. The van der Waals surface area contributed by atoms with Gasteiger partial charge in [-0.1, -0.05) is 45.9 Å². The molecule has 0 saturated heterocycles. The normalized spacial score (nSPS) is 33.0. The van der Waals surface area contributed by atoms with Crippen molar-refractivity contribution >= 4 is 0 Å². The SMILES string of the molecule is CCC1=C/C(C)C=CCC(C)(C)/C(F)=C\1. The second-order valence-electron chi connectivity index (χ2n) is 4.96. The van der Waals surface area contributed by atoms with E-state index in [9.17, 15) is 4.39 Å². The largest absolute Gasteiger partial charge is 0.211 e. The first kappa shape index (κ1) is 12.2. The van der Waals surface area contributed by atoms with Crippen LogP contribution in [-0.2, 0) is 0 Å². The van der Waals surface area contributed by atoms with Crippen LogP contribution in [0.15, 0.2) is 35.7 Å². The number of hydrogen-bond donors (Lipinski definition) is 0. The second kappa shape index (κ2) is 4.78. The third-order valence-corrected chi connectivity index (χ3v) is 2.91. The molecule has 0 aromatic rings. The number of rotatable bonds is 1. The van der Waals surface area contributed by atoms with Crippen molar-refractivity contribution in [3.8, 4) is 0 Å². The van der Waals surface area contributed by atoms with Crippen LogP contribution in [0.25, 0.3) is 0 Å². The van der Waals surface area contributed by atoms with Crippen molar-refractivity contribution in [1.82, 2.24) is 0 Å². The van der Waals surface area contributed by atoms with Crippen LogP contribution in [0.4, 0.5) is 4.39 Å². The minimum atomic E-state index is -0.366. The smallest absolute Gasteiger partial charge is 0.106 e. The van der Waals surface area contributed by atoms with Crippen molar-refractivity contribution in [2.24, 2.45) is 11.3 Å². The Hall–Kier alpha value is -0.850. The van der Waals surface area contributed by atoms with Gasteiger partial charge in [0.25, 0.3) is 0 Å². The number of allylic oxidation sites excluding steroid dienone is 6. The van der Waals surface area contributed by atoms with Crippen LogP contribution in [0.2, 0.25) is 0 Å². The first-order chi connectivity index (χ1) is 6.95. The van der Waals surface area contributed by atoms with Crippen LogP contribution in [0, 0.1) is 11.3 Å². The minimum absolute atomic E-state index is 0.00523. The van der Waals surface area contributed by atoms with Crippen LogP contribution in [0.1, 0.15) is 40.5 Å². The summed E-state index contributed by atoms with van der Waals surface area (Å²) in [7, 11) is 0. The predicted molar refractivity (Wildman–Crippen MR) is 64.3 cm³/mol. The van der Waals surface area contributed by atoms with E-state index in [1.54, 1.807) is 6.08 Å². The number of hydrogen-bond acceptors (Lipinski definition) is 0. The summed E-state index contributed by atoms with van der Waals surface area (Å²) in [5, 5.41) is 0. The molecule has 1 unspecified atom stereocenters. The van der Waals surface area contributed by atoms with Gasteiger partial charge in [0.15, 0.2) is 0 Å². The fourth-order valence-corrected chi connectivity index (χ4v) is 1.69. The van der Waals surface area contributed by atoms with Gasteiger partial charge in [-0.3, -0.25) is 0 Å². The maximum atomic E-state index is 13.9. The molecule has 0 fully saturated rings. The van der Waals surface area contributed by atoms with E-state index in [-0.39, 0.29) is 11.2 Å². The van der Waals surface area contributed by atoms with Crippen molar-refractivity contribution in [2.75, 3.05) is 0 Å². The van der Waals surface area contributed by atoms with Gasteiger partial charge in [0.2, 0.25) is 0 Å². The van der Waals surface area contributed by atoms with Gasteiger partial charge in [-0.05, 0) is 30.4 Å². The van der Waals surface area contributed by atoms with Gasteiger partial charge < -0.3 is 0 Å². The van der Waals surface area contributed by atoms with E-state index >= 15 is 0 Å². The molecule has 0 amide bonds. The molecule has 0 radical (unpaired) electrons. The Bertz CT molecular complexity index is 305. The topological polar surface area (TPSA) is 0 Å². The molecule has 0 saturated carbocycles. The highest BCUT2D eigenvalue weighted by Crippen LogP contribution is 2.34. The second-order valence-corrected chi connectivity index (χ2v) is 4.96. The first-order valence-electron chi connectivity index (χ1n) is 5.70. The third kappa shape index (κ3) is 3.33. The molecule has 1 heteroatoms. The maximum Gasteiger partial charge on any atom is 0.106 e. The molecular formula is C14H21F.